The summed E-state index contributed by atoms with van der Waals surface area (Å²) < 4.78 is 10.0. The Hall–Kier alpha value is -4.91. The highest BCUT2D eigenvalue weighted by molar-refractivity contribution is 6.22. The number of esters is 2. The molecule has 1 fully saturated rings. The van der Waals surface area contributed by atoms with Gasteiger partial charge in [0.25, 0.3) is 11.8 Å². The average Bonchev–Trinajstić information content (AvgIpc) is 3.73. The molecule has 1 aliphatic carbocycles. The summed E-state index contributed by atoms with van der Waals surface area (Å²) in [4.78, 5) is 54.6. The summed E-state index contributed by atoms with van der Waals surface area (Å²) in [5.41, 5.74) is 7.23. The molecule has 3 aliphatic rings. The number of imide groups is 1. The molecule has 2 N–H and O–H groups in total. The quantitative estimate of drug-likeness (QED) is 0.485. The molecule has 0 bridgehead atoms. The van der Waals surface area contributed by atoms with Crippen molar-refractivity contribution in [1.29, 1.82) is 5.26 Å². The van der Waals surface area contributed by atoms with E-state index in [4.69, 9.17) is 15.2 Å². The zero-order valence-corrected chi connectivity index (χ0v) is 20.1. The van der Waals surface area contributed by atoms with Crippen molar-refractivity contribution in [2.75, 3.05) is 19.1 Å². The monoisotopic (exact) mass is 498 g/mol. The number of fused-ring (bicyclic) bond motifs is 1. The maximum atomic E-state index is 13.2. The molecule has 0 spiro atoms. The van der Waals surface area contributed by atoms with Crippen LogP contribution in [0.1, 0.15) is 45.0 Å². The Morgan fingerprint density at radius 1 is 0.973 bits per heavy atom. The molecule has 10 nitrogen and oxygen atoms in total. The molecule has 186 valence electrons. The number of rotatable bonds is 5. The van der Waals surface area contributed by atoms with Crippen LogP contribution < -0.4 is 10.6 Å². The van der Waals surface area contributed by atoms with E-state index in [0.29, 0.717) is 5.56 Å². The summed E-state index contributed by atoms with van der Waals surface area (Å²) >= 11 is 0. The van der Waals surface area contributed by atoms with Gasteiger partial charge < -0.3 is 15.2 Å². The number of amides is 2. The molecule has 0 radical (unpaired) electrons. The molecule has 1 atom stereocenters. The number of hydrogen-bond acceptors (Lipinski definition) is 9. The lowest BCUT2D eigenvalue weighted by atomic mass is 9.81. The standard InChI is InChI=1S/C27H22N4O6/c1-36-26(34)21-20(14-6-4-3-5-7-14)19(13-28)23(29)30(22(21)27(35)37-2)16-10-11-17-18(12-16)25(33)31(24(17)32)15-8-9-15/h3-7,10-12,15,20H,8-9,29H2,1-2H3. The Labute approximate surface area is 212 Å². The maximum absolute atomic E-state index is 13.2. The number of nitrogens with zero attached hydrogens (tertiary/aromatic N) is 3. The van der Waals surface area contributed by atoms with E-state index in [1.54, 1.807) is 30.3 Å². The molecule has 2 aliphatic heterocycles. The van der Waals surface area contributed by atoms with E-state index in [1.807, 2.05) is 0 Å². The fourth-order valence-electron chi connectivity index (χ4n) is 4.83. The van der Waals surface area contributed by atoms with Crippen LogP contribution in [0.5, 0.6) is 0 Å². The van der Waals surface area contributed by atoms with Crippen LogP contribution in [0.2, 0.25) is 0 Å². The first kappa shape index (κ1) is 23.8. The molecule has 1 saturated carbocycles. The molecule has 0 saturated heterocycles. The Bertz CT molecular complexity index is 1470. The number of allylic oxidation sites excluding steroid dienone is 1. The van der Waals surface area contributed by atoms with Crippen LogP contribution in [0.15, 0.2) is 71.2 Å². The number of hydrogen-bond donors (Lipinski definition) is 1. The van der Waals surface area contributed by atoms with Gasteiger partial charge >= 0.3 is 11.9 Å². The van der Waals surface area contributed by atoms with Gasteiger partial charge in [0.1, 0.15) is 11.5 Å². The zero-order chi connectivity index (χ0) is 26.4. The van der Waals surface area contributed by atoms with E-state index in [0.717, 1.165) is 27.1 Å². The van der Waals surface area contributed by atoms with Crippen LogP contribution in [0.25, 0.3) is 0 Å². The van der Waals surface area contributed by atoms with Gasteiger partial charge in [-0.05, 0) is 36.6 Å². The number of benzene rings is 2. The van der Waals surface area contributed by atoms with Crippen molar-refractivity contribution in [3.63, 3.8) is 0 Å². The molecule has 0 aromatic heterocycles. The lowest BCUT2D eigenvalue weighted by Crippen LogP contribution is -2.40. The molecular formula is C27H22N4O6. The third kappa shape index (κ3) is 3.63. The van der Waals surface area contributed by atoms with Gasteiger partial charge in [0.2, 0.25) is 0 Å². The summed E-state index contributed by atoms with van der Waals surface area (Å²) in [6, 6.07) is 15.0. The molecule has 2 aromatic rings. The molecule has 2 amide bonds. The second-order valence-electron chi connectivity index (χ2n) is 8.78. The molecule has 5 rings (SSSR count). The highest BCUT2D eigenvalue weighted by Gasteiger charge is 2.46. The van der Waals surface area contributed by atoms with Gasteiger partial charge in [0, 0.05) is 11.7 Å². The van der Waals surface area contributed by atoms with Gasteiger partial charge in [-0.1, -0.05) is 30.3 Å². The summed E-state index contributed by atoms with van der Waals surface area (Å²) in [6.07, 6.45) is 1.51. The van der Waals surface area contributed by atoms with Crippen LogP contribution in [-0.2, 0) is 19.1 Å². The molecule has 1 unspecified atom stereocenters. The van der Waals surface area contributed by atoms with E-state index in [9.17, 15) is 24.4 Å². The summed E-state index contributed by atoms with van der Waals surface area (Å²) in [5, 5.41) is 10.1. The van der Waals surface area contributed by atoms with Gasteiger partial charge in [0.05, 0.1) is 48.5 Å². The molecule has 10 heteroatoms. The first-order valence-corrected chi connectivity index (χ1v) is 11.5. The van der Waals surface area contributed by atoms with Crippen LogP contribution in [0.4, 0.5) is 5.69 Å². The predicted molar refractivity (Wildman–Crippen MR) is 130 cm³/mol. The third-order valence-corrected chi connectivity index (χ3v) is 6.68. The van der Waals surface area contributed by atoms with Crippen LogP contribution >= 0.6 is 0 Å². The van der Waals surface area contributed by atoms with Crippen molar-refractivity contribution >= 4 is 29.4 Å². The Kier molecular flexibility index (Phi) is 5.76. The van der Waals surface area contributed by atoms with Crippen molar-refractivity contribution in [3.8, 4) is 6.07 Å². The van der Waals surface area contributed by atoms with E-state index in [1.165, 1.54) is 28.0 Å². The second kappa shape index (κ2) is 8.95. The van der Waals surface area contributed by atoms with Crippen molar-refractivity contribution in [3.05, 3.63) is 87.9 Å². The van der Waals surface area contributed by atoms with Crippen molar-refractivity contribution in [1.82, 2.24) is 4.90 Å². The molecule has 37 heavy (non-hydrogen) atoms. The number of methoxy groups -OCH3 is 2. The van der Waals surface area contributed by atoms with E-state index in [-0.39, 0.29) is 51.4 Å². The summed E-state index contributed by atoms with van der Waals surface area (Å²) in [6.45, 7) is 0. The molecular weight excluding hydrogens is 476 g/mol. The predicted octanol–water partition coefficient (Wildman–Crippen LogP) is 2.34. The molecule has 2 heterocycles. The van der Waals surface area contributed by atoms with Crippen LogP contribution in [-0.4, -0.2) is 48.9 Å². The molecule has 2 aromatic carbocycles. The number of ether oxygens (including phenoxy) is 2. The van der Waals surface area contributed by atoms with Crippen molar-refractivity contribution < 1.29 is 28.7 Å². The average molecular weight is 498 g/mol. The topological polar surface area (TPSA) is 143 Å². The van der Waals surface area contributed by atoms with Gasteiger partial charge in [-0.2, -0.15) is 5.26 Å². The lowest BCUT2D eigenvalue weighted by molar-refractivity contribution is -0.139. The number of carbonyl (C=O) groups excluding carboxylic acids is 4. The Balaban J connectivity index is 1.75. The van der Waals surface area contributed by atoms with Crippen LogP contribution in [0, 0.1) is 11.3 Å². The number of carbonyl (C=O) groups is 4. The van der Waals surface area contributed by atoms with Gasteiger partial charge in [-0.25, -0.2) is 9.59 Å². The van der Waals surface area contributed by atoms with E-state index >= 15 is 0 Å². The Morgan fingerprint density at radius 3 is 2.22 bits per heavy atom. The minimum absolute atomic E-state index is 0.00163. The fourth-order valence-corrected chi connectivity index (χ4v) is 4.83. The third-order valence-electron chi connectivity index (χ3n) is 6.68. The second-order valence-corrected chi connectivity index (χ2v) is 8.78. The maximum Gasteiger partial charge on any atom is 0.355 e. The van der Waals surface area contributed by atoms with E-state index in [2.05, 4.69) is 6.07 Å². The van der Waals surface area contributed by atoms with Crippen molar-refractivity contribution in [2.45, 2.75) is 24.8 Å². The summed E-state index contributed by atoms with van der Waals surface area (Å²) in [5.74, 6) is -3.71. The first-order chi connectivity index (χ1) is 17.8. The normalized spacial score (nSPS) is 19.1. The number of nitriles is 1. The van der Waals surface area contributed by atoms with Gasteiger partial charge in [0.15, 0.2) is 0 Å². The minimum atomic E-state index is -1.01. The van der Waals surface area contributed by atoms with E-state index < -0.39 is 23.8 Å². The zero-order valence-electron chi connectivity index (χ0n) is 20.1. The number of anilines is 1. The fraction of sp³-hybridized carbons (Fsp3) is 0.222. The Morgan fingerprint density at radius 2 is 1.62 bits per heavy atom. The van der Waals surface area contributed by atoms with Crippen LogP contribution in [0.3, 0.4) is 0 Å². The lowest BCUT2D eigenvalue weighted by Gasteiger charge is -2.36. The summed E-state index contributed by atoms with van der Waals surface area (Å²) in [7, 11) is 2.31. The smallest absolute Gasteiger partial charge is 0.355 e. The van der Waals surface area contributed by atoms with Gasteiger partial charge in [-0.15, -0.1) is 0 Å². The SMILES string of the molecule is COC(=O)C1=C(C(=O)OC)N(c2ccc3c(c2)C(=O)N(C2CC2)C3=O)C(N)=C(C#N)C1c1ccccc1. The number of nitrogens with two attached hydrogens (primary N) is 1. The minimum Gasteiger partial charge on any atom is -0.466 e. The first-order valence-electron chi connectivity index (χ1n) is 11.5. The highest BCUT2D eigenvalue weighted by Crippen LogP contribution is 2.44. The van der Waals surface area contributed by atoms with Gasteiger partial charge in [-0.3, -0.25) is 19.4 Å². The largest absolute Gasteiger partial charge is 0.466 e. The van der Waals surface area contributed by atoms with Crippen molar-refractivity contribution in [2.24, 2.45) is 5.73 Å². The highest BCUT2D eigenvalue weighted by atomic mass is 16.5.